The lowest BCUT2D eigenvalue weighted by atomic mass is 9.79. The Labute approximate surface area is 155 Å². The summed E-state index contributed by atoms with van der Waals surface area (Å²) in [6.45, 7) is 3.89. The van der Waals surface area contributed by atoms with Gasteiger partial charge in [0, 0.05) is 24.2 Å². The largest absolute Gasteiger partial charge is 0.328 e. The van der Waals surface area contributed by atoms with Crippen molar-refractivity contribution in [1.82, 2.24) is 29.2 Å². The van der Waals surface area contributed by atoms with Gasteiger partial charge >= 0.3 is 0 Å². The number of aryl methyl sites for hydroxylation is 2. The van der Waals surface area contributed by atoms with E-state index in [0.717, 1.165) is 36.2 Å². The number of rotatable bonds is 3. The van der Waals surface area contributed by atoms with Crippen molar-refractivity contribution in [1.29, 1.82) is 0 Å². The van der Waals surface area contributed by atoms with E-state index in [4.69, 9.17) is 5.73 Å². The maximum Gasteiger partial charge on any atom is 0.191 e. The lowest BCUT2D eigenvalue weighted by Crippen LogP contribution is -2.37. The van der Waals surface area contributed by atoms with Gasteiger partial charge in [-0.15, -0.1) is 0 Å². The maximum atomic E-state index is 14.7. The van der Waals surface area contributed by atoms with E-state index < -0.39 is 5.82 Å². The summed E-state index contributed by atoms with van der Waals surface area (Å²) in [4.78, 5) is 8.82. The van der Waals surface area contributed by atoms with Crippen LogP contribution >= 0.6 is 0 Å². The molecule has 1 aliphatic rings. The molecule has 1 saturated carbocycles. The maximum absolute atomic E-state index is 14.7. The first kappa shape index (κ1) is 16.3. The van der Waals surface area contributed by atoms with Gasteiger partial charge in [0.1, 0.15) is 0 Å². The zero-order chi connectivity index (χ0) is 18.7. The summed E-state index contributed by atoms with van der Waals surface area (Å²) in [5.74, 6) is 0.752. The molecule has 0 aliphatic heterocycles. The van der Waals surface area contributed by atoms with Crippen LogP contribution in [-0.2, 0) is 6.42 Å². The molecule has 2 N–H and O–H groups in total. The minimum absolute atomic E-state index is 0.244. The number of pyridine rings is 1. The Balaban J connectivity index is 1.55. The van der Waals surface area contributed by atoms with Crippen molar-refractivity contribution in [2.24, 2.45) is 11.7 Å². The molecule has 0 saturated heterocycles. The van der Waals surface area contributed by atoms with Gasteiger partial charge in [0.2, 0.25) is 0 Å². The summed E-state index contributed by atoms with van der Waals surface area (Å²) >= 11 is 0. The molecule has 7 nitrogen and oxygen atoms in total. The van der Waals surface area contributed by atoms with Gasteiger partial charge in [-0.2, -0.15) is 10.2 Å². The molecule has 27 heavy (non-hydrogen) atoms. The summed E-state index contributed by atoms with van der Waals surface area (Å²) in [5.41, 5.74) is 10.1. The molecule has 0 aromatic carbocycles. The summed E-state index contributed by atoms with van der Waals surface area (Å²) in [6.07, 6.45) is 6.34. The fourth-order valence-corrected chi connectivity index (χ4v) is 3.82. The van der Waals surface area contributed by atoms with Crippen molar-refractivity contribution in [2.45, 2.75) is 39.2 Å². The van der Waals surface area contributed by atoms with Gasteiger partial charge in [-0.25, -0.2) is 23.4 Å². The normalized spacial score (nSPS) is 19.7. The molecule has 5 rings (SSSR count). The molecule has 0 amide bonds. The van der Waals surface area contributed by atoms with Gasteiger partial charge in [-0.1, -0.05) is 0 Å². The standard InChI is InChI=1S/C19H20FN7/c1-10-3-16(24-26-8-11(2)22-18(10)26)13-7-15(20)19-23-17(25-27(19)9-13)6-12-4-14(21)5-12/h3,7-9,12,14H,4-6,21H2,1-2H3. The quantitative estimate of drug-likeness (QED) is 0.603. The number of halogens is 1. The Morgan fingerprint density at radius 3 is 2.63 bits per heavy atom. The van der Waals surface area contributed by atoms with Crippen molar-refractivity contribution in [3.63, 3.8) is 0 Å². The number of nitrogens with zero attached hydrogens (tertiary/aromatic N) is 6. The molecule has 1 aliphatic carbocycles. The number of hydrogen-bond acceptors (Lipinski definition) is 5. The first-order valence-electron chi connectivity index (χ1n) is 9.10. The van der Waals surface area contributed by atoms with E-state index >= 15 is 0 Å². The van der Waals surface area contributed by atoms with Gasteiger partial charge in [0.15, 0.2) is 22.9 Å². The second-order valence-corrected chi connectivity index (χ2v) is 7.54. The molecule has 0 atom stereocenters. The lowest BCUT2D eigenvalue weighted by Gasteiger charge is -2.31. The number of aromatic nitrogens is 6. The Bertz CT molecular complexity index is 1170. The van der Waals surface area contributed by atoms with E-state index in [-0.39, 0.29) is 11.7 Å². The minimum Gasteiger partial charge on any atom is -0.328 e. The summed E-state index contributed by atoms with van der Waals surface area (Å²) < 4.78 is 17.9. The average molecular weight is 365 g/mol. The van der Waals surface area contributed by atoms with E-state index in [1.165, 1.54) is 10.6 Å². The van der Waals surface area contributed by atoms with Crippen LogP contribution in [0.2, 0.25) is 0 Å². The first-order chi connectivity index (χ1) is 13.0. The third-order valence-corrected chi connectivity index (χ3v) is 5.20. The Morgan fingerprint density at radius 2 is 1.85 bits per heavy atom. The number of nitrogens with two attached hydrogens (primary N) is 1. The van der Waals surface area contributed by atoms with Gasteiger partial charge in [0.05, 0.1) is 17.6 Å². The first-order valence-corrected chi connectivity index (χ1v) is 9.10. The van der Waals surface area contributed by atoms with Crippen LogP contribution in [0.25, 0.3) is 22.6 Å². The summed E-state index contributed by atoms with van der Waals surface area (Å²) in [5, 5.41) is 9.05. The van der Waals surface area contributed by atoms with Crippen LogP contribution in [0.5, 0.6) is 0 Å². The van der Waals surface area contributed by atoms with Crippen LogP contribution in [0.3, 0.4) is 0 Å². The van der Waals surface area contributed by atoms with Crippen LogP contribution in [0.4, 0.5) is 4.39 Å². The van der Waals surface area contributed by atoms with Crippen LogP contribution in [0, 0.1) is 25.6 Å². The topological polar surface area (TPSA) is 86.4 Å². The smallest absolute Gasteiger partial charge is 0.191 e. The van der Waals surface area contributed by atoms with Crippen molar-refractivity contribution in [3.8, 4) is 11.3 Å². The molecule has 0 radical (unpaired) electrons. The predicted molar refractivity (Wildman–Crippen MR) is 98.8 cm³/mol. The van der Waals surface area contributed by atoms with E-state index in [9.17, 15) is 4.39 Å². The SMILES string of the molecule is Cc1cn2nc(-c3cc(F)c4nc(CC5CC(N)C5)nn4c3)cc(C)c2n1. The molecule has 0 spiro atoms. The van der Waals surface area contributed by atoms with Crippen LogP contribution < -0.4 is 5.73 Å². The van der Waals surface area contributed by atoms with Gasteiger partial charge in [0.25, 0.3) is 0 Å². The molecule has 138 valence electrons. The van der Waals surface area contributed by atoms with E-state index in [2.05, 4.69) is 20.2 Å². The van der Waals surface area contributed by atoms with Crippen LogP contribution in [-0.4, -0.2) is 35.2 Å². The highest BCUT2D eigenvalue weighted by Crippen LogP contribution is 2.29. The Hall–Kier alpha value is -2.87. The van der Waals surface area contributed by atoms with Crippen molar-refractivity contribution in [2.75, 3.05) is 0 Å². The van der Waals surface area contributed by atoms with Crippen molar-refractivity contribution < 1.29 is 4.39 Å². The number of imidazole rings is 1. The molecule has 4 aromatic heterocycles. The summed E-state index contributed by atoms with van der Waals surface area (Å²) in [7, 11) is 0. The van der Waals surface area contributed by atoms with Gasteiger partial charge in [-0.05, 0) is 50.3 Å². The second-order valence-electron chi connectivity index (χ2n) is 7.54. The zero-order valence-electron chi connectivity index (χ0n) is 15.2. The molecule has 1 fully saturated rings. The average Bonchev–Trinajstić information content (AvgIpc) is 3.16. The molecule has 4 aromatic rings. The monoisotopic (exact) mass is 365 g/mol. The van der Waals surface area contributed by atoms with Gasteiger partial charge in [-0.3, -0.25) is 0 Å². The van der Waals surface area contributed by atoms with E-state index in [1.807, 2.05) is 26.1 Å². The second kappa shape index (κ2) is 5.82. The lowest BCUT2D eigenvalue weighted by molar-refractivity contribution is 0.260. The van der Waals surface area contributed by atoms with E-state index in [1.54, 1.807) is 10.7 Å². The minimum atomic E-state index is -0.405. The summed E-state index contributed by atoms with van der Waals surface area (Å²) in [6, 6.07) is 3.66. The number of hydrogen-bond donors (Lipinski definition) is 1. The molecular weight excluding hydrogens is 345 g/mol. The fourth-order valence-electron chi connectivity index (χ4n) is 3.82. The third-order valence-electron chi connectivity index (χ3n) is 5.20. The van der Waals surface area contributed by atoms with Crippen molar-refractivity contribution >= 4 is 11.3 Å². The highest BCUT2D eigenvalue weighted by Gasteiger charge is 2.27. The van der Waals surface area contributed by atoms with Crippen LogP contribution in [0.15, 0.2) is 24.5 Å². The fraction of sp³-hybridized carbons (Fsp3) is 0.368. The predicted octanol–water partition coefficient (Wildman–Crippen LogP) is 2.47. The number of fused-ring (bicyclic) bond motifs is 2. The molecule has 4 heterocycles. The Morgan fingerprint density at radius 1 is 1.07 bits per heavy atom. The van der Waals surface area contributed by atoms with Crippen molar-refractivity contribution in [3.05, 3.63) is 47.4 Å². The third kappa shape index (κ3) is 2.76. The van der Waals surface area contributed by atoms with Crippen LogP contribution in [0.1, 0.15) is 29.9 Å². The van der Waals surface area contributed by atoms with Gasteiger partial charge < -0.3 is 5.73 Å². The zero-order valence-corrected chi connectivity index (χ0v) is 15.2. The van der Waals surface area contributed by atoms with E-state index in [0.29, 0.717) is 23.0 Å². The molecule has 8 heteroatoms. The Kier molecular flexibility index (Phi) is 3.51. The highest BCUT2D eigenvalue weighted by molar-refractivity contribution is 5.64. The highest BCUT2D eigenvalue weighted by atomic mass is 19.1. The molecular formula is C19H20FN7. The molecule has 0 bridgehead atoms. The molecule has 0 unspecified atom stereocenters.